The van der Waals surface area contributed by atoms with Crippen LogP contribution in [0.2, 0.25) is 0 Å². The fourth-order valence-corrected chi connectivity index (χ4v) is 4.86. The van der Waals surface area contributed by atoms with E-state index in [4.69, 9.17) is 14.2 Å². The second-order valence-corrected chi connectivity index (χ2v) is 8.89. The zero-order chi connectivity index (χ0) is 25.8. The molecule has 1 aliphatic carbocycles. The van der Waals surface area contributed by atoms with Gasteiger partial charge in [0.05, 0.1) is 12.7 Å². The molecule has 1 aliphatic heterocycles. The molecule has 7 nitrogen and oxygen atoms in total. The van der Waals surface area contributed by atoms with Gasteiger partial charge in [-0.25, -0.2) is 9.18 Å². The van der Waals surface area contributed by atoms with Crippen LogP contribution >= 0.6 is 0 Å². The molecule has 36 heavy (non-hydrogen) atoms. The first kappa shape index (κ1) is 25.2. The lowest BCUT2D eigenvalue weighted by Gasteiger charge is -2.38. The average molecular weight is 494 g/mol. The van der Waals surface area contributed by atoms with Crippen LogP contribution in [0, 0.1) is 17.7 Å². The van der Waals surface area contributed by atoms with Gasteiger partial charge in [-0.15, -0.1) is 0 Å². The lowest BCUT2D eigenvalue weighted by Crippen LogP contribution is -2.43. The third-order valence-electron chi connectivity index (χ3n) is 6.47. The predicted molar refractivity (Wildman–Crippen MR) is 129 cm³/mol. The molecule has 8 heteroatoms. The van der Waals surface area contributed by atoms with Crippen LogP contribution in [-0.2, 0) is 23.9 Å². The van der Waals surface area contributed by atoms with Crippen LogP contribution in [0.25, 0.3) is 0 Å². The number of esters is 2. The Morgan fingerprint density at radius 2 is 1.83 bits per heavy atom. The average Bonchev–Trinajstić information content (AvgIpc) is 2.86. The van der Waals surface area contributed by atoms with Crippen molar-refractivity contribution in [1.82, 2.24) is 5.32 Å². The highest BCUT2D eigenvalue weighted by atomic mass is 19.1. The van der Waals surface area contributed by atoms with Crippen molar-refractivity contribution in [2.75, 3.05) is 20.3 Å². The van der Waals surface area contributed by atoms with Crippen LogP contribution < -0.4 is 10.1 Å². The first-order chi connectivity index (χ1) is 17.3. The molecule has 0 saturated carbocycles. The number of ether oxygens (including phenoxy) is 3. The second kappa shape index (κ2) is 10.8. The predicted octanol–water partition coefficient (Wildman–Crippen LogP) is 4.06. The SMILES string of the molecule is COC(=O)C1C(=O)C2=C(CC1C)NC(C)=C(C(=O)OCCOc1ccccc1)C2c1cccc(F)c1. The van der Waals surface area contributed by atoms with E-state index in [0.717, 1.165) is 0 Å². The molecule has 3 unspecified atom stereocenters. The van der Waals surface area contributed by atoms with E-state index >= 15 is 0 Å². The Labute approximate surface area is 208 Å². The largest absolute Gasteiger partial charge is 0.490 e. The van der Waals surface area contributed by atoms with E-state index in [2.05, 4.69) is 5.32 Å². The number of carbonyl (C=O) groups excluding carboxylic acids is 3. The second-order valence-electron chi connectivity index (χ2n) is 8.89. The Hall–Kier alpha value is -3.94. The van der Waals surface area contributed by atoms with Gasteiger partial charge in [0.2, 0.25) is 0 Å². The molecule has 0 saturated heterocycles. The van der Waals surface area contributed by atoms with Crippen LogP contribution in [-0.4, -0.2) is 38.0 Å². The maximum Gasteiger partial charge on any atom is 0.336 e. The number of benzene rings is 2. The van der Waals surface area contributed by atoms with Gasteiger partial charge in [-0.3, -0.25) is 9.59 Å². The lowest BCUT2D eigenvalue weighted by molar-refractivity contribution is -0.151. The first-order valence-electron chi connectivity index (χ1n) is 11.7. The van der Waals surface area contributed by atoms with Gasteiger partial charge in [0, 0.05) is 22.9 Å². The van der Waals surface area contributed by atoms with Crippen molar-refractivity contribution >= 4 is 17.7 Å². The van der Waals surface area contributed by atoms with E-state index in [0.29, 0.717) is 29.1 Å². The minimum atomic E-state index is -1.01. The number of hydrogen-bond donors (Lipinski definition) is 1. The highest BCUT2D eigenvalue weighted by Gasteiger charge is 2.47. The van der Waals surface area contributed by atoms with Gasteiger partial charge in [0.25, 0.3) is 0 Å². The molecular formula is C28H28FNO6. The quantitative estimate of drug-likeness (QED) is 0.353. The number of nitrogens with one attached hydrogen (secondary N) is 1. The van der Waals surface area contributed by atoms with Crippen LogP contribution in [0.4, 0.5) is 4.39 Å². The Morgan fingerprint density at radius 1 is 1.08 bits per heavy atom. The van der Waals surface area contributed by atoms with E-state index in [1.165, 1.54) is 25.3 Å². The number of carbonyl (C=O) groups is 3. The highest BCUT2D eigenvalue weighted by molar-refractivity contribution is 6.12. The lowest BCUT2D eigenvalue weighted by atomic mass is 9.69. The third-order valence-corrected chi connectivity index (χ3v) is 6.47. The number of rotatable bonds is 7. The molecule has 0 aromatic heterocycles. The molecule has 2 aromatic rings. The molecule has 2 aliphatic rings. The maximum atomic E-state index is 14.3. The Bertz CT molecular complexity index is 1240. The monoisotopic (exact) mass is 493 g/mol. The van der Waals surface area contributed by atoms with Crippen molar-refractivity contribution in [1.29, 1.82) is 0 Å². The van der Waals surface area contributed by atoms with Crippen LogP contribution in [0.5, 0.6) is 5.75 Å². The van der Waals surface area contributed by atoms with E-state index < -0.39 is 35.4 Å². The normalized spacial score (nSPS) is 21.4. The summed E-state index contributed by atoms with van der Waals surface area (Å²) in [5.41, 5.74) is 1.98. The summed E-state index contributed by atoms with van der Waals surface area (Å²) in [5, 5.41) is 3.18. The molecule has 188 valence electrons. The Balaban J connectivity index is 1.64. The molecule has 0 spiro atoms. The van der Waals surface area contributed by atoms with Gasteiger partial charge in [0.15, 0.2) is 5.78 Å². The van der Waals surface area contributed by atoms with Crippen molar-refractivity contribution in [2.45, 2.75) is 26.2 Å². The summed E-state index contributed by atoms with van der Waals surface area (Å²) < 4.78 is 30.2. The zero-order valence-corrected chi connectivity index (χ0v) is 20.4. The number of halogens is 1. The number of ketones is 1. The Morgan fingerprint density at radius 3 is 2.53 bits per heavy atom. The van der Waals surface area contributed by atoms with Crippen molar-refractivity contribution in [3.05, 3.63) is 88.5 Å². The number of hydrogen-bond acceptors (Lipinski definition) is 7. The fourth-order valence-electron chi connectivity index (χ4n) is 4.86. The summed E-state index contributed by atoms with van der Waals surface area (Å²) in [5.74, 6) is -3.80. The topological polar surface area (TPSA) is 90.9 Å². The highest BCUT2D eigenvalue weighted by Crippen LogP contribution is 2.45. The van der Waals surface area contributed by atoms with Crippen LogP contribution in [0.15, 0.2) is 77.1 Å². The van der Waals surface area contributed by atoms with Crippen molar-refractivity contribution in [3.8, 4) is 5.75 Å². The standard InChI is InChI=1S/C28H28FNO6/c1-16-14-21-25(26(31)22(16)27(32)34-3)24(18-8-7-9-19(29)15-18)23(17(2)30-21)28(33)36-13-12-35-20-10-5-4-6-11-20/h4-11,15-16,22,24,30H,12-14H2,1-3H3. The molecular weight excluding hydrogens is 465 g/mol. The molecule has 3 atom stereocenters. The molecule has 4 rings (SSSR count). The summed E-state index contributed by atoms with van der Waals surface area (Å²) in [6.45, 7) is 3.63. The van der Waals surface area contributed by atoms with Gasteiger partial charge in [-0.2, -0.15) is 0 Å². The summed E-state index contributed by atoms with van der Waals surface area (Å²) in [4.78, 5) is 39.4. The number of allylic oxidation sites excluding steroid dienone is 3. The molecule has 1 heterocycles. The van der Waals surface area contributed by atoms with E-state index in [9.17, 15) is 18.8 Å². The smallest absolute Gasteiger partial charge is 0.336 e. The number of Topliss-reactive ketones (excluding diaryl/α,β-unsaturated/α-hetero) is 1. The van der Waals surface area contributed by atoms with Crippen molar-refractivity contribution in [3.63, 3.8) is 0 Å². The molecule has 0 radical (unpaired) electrons. The summed E-state index contributed by atoms with van der Waals surface area (Å²) >= 11 is 0. The summed E-state index contributed by atoms with van der Waals surface area (Å²) in [6, 6.07) is 14.9. The fraction of sp³-hybridized carbons (Fsp3) is 0.321. The minimum absolute atomic E-state index is 0.0257. The van der Waals surface area contributed by atoms with Gasteiger partial charge in [-0.1, -0.05) is 37.3 Å². The summed E-state index contributed by atoms with van der Waals surface area (Å²) in [6.07, 6.45) is 0.400. The first-order valence-corrected chi connectivity index (χ1v) is 11.7. The number of para-hydroxylation sites is 1. The molecule has 1 N–H and O–H groups in total. The van der Waals surface area contributed by atoms with Gasteiger partial charge < -0.3 is 19.5 Å². The van der Waals surface area contributed by atoms with Gasteiger partial charge in [-0.05, 0) is 49.1 Å². The number of dihydropyridines is 1. The zero-order valence-electron chi connectivity index (χ0n) is 20.4. The van der Waals surface area contributed by atoms with E-state index in [1.54, 1.807) is 32.0 Å². The van der Waals surface area contributed by atoms with E-state index in [-0.39, 0.29) is 30.3 Å². The van der Waals surface area contributed by atoms with E-state index in [1.807, 2.05) is 18.2 Å². The molecule has 0 amide bonds. The minimum Gasteiger partial charge on any atom is -0.490 e. The Kier molecular flexibility index (Phi) is 7.52. The van der Waals surface area contributed by atoms with Crippen molar-refractivity contribution < 1.29 is 33.0 Å². The van der Waals surface area contributed by atoms with Crippen LogP contribution in [0.1, 0.15) is 31.7 Å². The van der Waals surface area contributed by atoms with Gasteiger partial charge in [0.1, 0.15) is 30.7 Å². The van der Waals surface area contributed by atoms with Crippen molar-refractivity contribution in [2.24, 2.45) is 11.8 Å². The number of methoxy groups -OCH3 is 1. The molecule has 0 fully saturated rings. The third kappa shape index (κ3) is 5.03. The van der Waals surface area contributed by atoms with Gasteiger partial charge >= 0.3 is 11.9 Å². The molecule has 2 aromatic carbocycles. The summed E-state index contributed by atoms with van der Waals surface area (Å²) in [7, 11) is 1.24. The molecule has 0 bridgehead atoms. The maximum absolute atomic E-state index is 14.3. The van der Waals surface area contributed by atoms with Crippen LogP contribution in [0.3, 0.4) is 0 Å².